The van der Waals surface area contributed by atoms with E-state index in [2.05, 4.69) is 10.1 Å². The zero-order valence-electron chi connectivity index (χ0n) is 15.5. The molecule has 1 fully saturated rings. The monoisotopic (exact) mass is 446 g/mol. The highest BCUT2D eigenvalue weighted by molar-refractivity contribution is 7.89. The first-order valence-electron chi connectivity index (χ1n) is 8.97. The number of ether oxygens (including phenoxy) is 1. The summed E-state index contributed by atoms with van der Waals surface area (Å²) in [7, 11) is -3.78. The van der Waals surface area contributed by atoms with E-state index in [0.29, 0.717) is 5.69 Å². The van der Waals surface area contributed by atoms with Crippen molar-refractivity contribution in [1.82, 2.24) is 4.31 Å². The summed E-state index contributed by atoms with van der Waals surface area (Å²) in [5, 5.41) is 2.61. The van der Waals surface area contributed by atoms with Crippen molar-refractivity contribution >= 4 is 21.6 Å². The first kappa shape index (κ1) is 22.0. The number of carbonyl (C=O) groups is 1. The van der Waals surface area contributed by atoms with Gasteiger partial charge in [0.25, 0.3) is 0 Å². The van der Waals surface area contributed by atoms with Gasteiger partial charge in [0.05, 0.1) is 4.90 Å². The third kappa shape index (κ3) is 5.48. The maximum atomic E-state index is 13.0. The van der Waals surface area contributed by atoms with Crippen LogP contribution >= 0.6 is 0 Å². The molecular formula is C19H18F4N2O4S. The second-order valence-electron chi connectivity index (χ2n) is 6.69. The van der Waals surface area contributed by atoms with Crippen molar-refractivity contribution in [2.24, 2.45) is 5.92 Å². The van der Waals surface area contributed by atoms with Gasteiger partial charge in [0, 0.05) is 24.7 Å². The number of anilines is 1. The molecule has 0 atom stereocenters. The van der Waals surface area contributed by atoms with Crippen LogP contribution in [-0.2, 0) is 14.8 Å². The SMILES string of the molecule is O=C(Nc1ccc(OC(F)(F)F)cc1)C1CCN(S(=O)(=O)c2ccc(F)cc2)CC1. The van der Waals surface area contributed by atoms with Crippen LogP contribution in [0.4, 0.5) is 23.2 Å². The summed E-state index contributed by atoms with van der Waals surface area (Å²) >= 11 is 0. The van der Waals surface area contributed by atoms with Crippen LogP contribution in [0, 0.1) is 11.7 Å². The van der Waals surface area contributed by atoms with Crippen LogP contribution in [-0.4, -0.2) is 38.1 Å². The highest BCUT2D eigenvalue weighted by Gasteiger charge is 2.33. The van der Waals surface area contributed by atoms with Crippen LogP contribution in [0.3, 0.4) is 0 Å². The quantitative estimate of drug-likeness (QED) is 0.710. The number of benzene rings is 2. The summed E-state index contributed by atoms with van der Waals surface area (Å²) in [6, 6.07) is 9.25. The standard InChI is InChI=1S/C19H18F4N2O4S/c20-14-1-7-17(8-2-14)30(27,28)25-11-9-13(10-12-25)18(26)24-15-3-5-16(6-4-15)29-19(21,22)23/h1-8,13H,9-12H2,(H,24,26). The number of hydrogen-bond donors (Lipinski definition) is 1. The molecule has 6 nitrogen and oxygen atoms in total. The lowest BCUT2D eigenvalue weighted by Crippen LogP contribution is -2.41. The number of rotatable bonds is 5. The zero-order chi connectivity index (χ0) is 21.9. The Morgan fingerprint density at radius 3 is 2.10 bits per heavy atom. The van der Waals surface area contributed by atoms with Crippen molar-refractivity contribution in [2.45, 2.75) is 24.1 Å². The molecule has 1 saturated heterocycles. The molecule has 0 radical (unpaired) electrons. The minimum atomic E-state index is -4.80. The van der Waals surface area contributed by atoms with Gasteiger partial charge in [0.1, 0.15) is 11.6 Å². The van der Waals surface area contributed by atoms with Crippen molar-refractivity contribution in [2.75, 3.05) is 18.4 Å². The average Bonchev–Trinajstić information content (AvgIpc) is 2.69. The van der Waals surface area contributed by atoms with Crippen LogP contribution in [0.25, 0.3) is 0 Å². The molecule has 1 heterocycles. The van der Waals surface area contributed by atoms with E-state index in [0.717, 1.165) is 24.3 Å². The van der Waals surface area contributed by atoms with E-state index in [4.69, 9.17) is 0 Å². The number of nitrogens with one attached hydrogen (secondary N) is 1. The van der Waals surface area contributed by atoms with Gasteiger partial charge in [-0.2, -0.15) is 4.31 Å². The van der Waals surface area contributed by atoms with Crippen molar-refractivity contribution in [3.05, 3.63) is 54.3 Å². The van der Waals surface area contributed by atoms with Crippen molar-refractivity contribution in [1.29, 1.82) is 0 Å². The summed E-state index contributed by atoms with van der Waals surface area (Å²) in [5.41, 5.74) is 0.302. The summed E-state index contributed by atoms with van der Waals surface area (Å²) < 4.78 is 79.8. The summed E-state index contributed by atoms with van der Waals surface area (Å²) in [6.45, 7) is 0.242. The van der Waals surface area contributed by atoms with E-state index >= 15 is 0 Å². The number of hydrogen-bond acceptors (Lipinski definition) is 4. The Bertz CT molecular complexity index is 985. The fourth-order valence-electron chi connectivity index (χ4n) is 3.10. The highest BCUT2D eigenvalue weighted by Crippen LogP contribution is 2.27. The molecule has 1 N–H and O–H groups in total. The number of halogens is 4. The minimum absolute atomic E-state index is 0.0204. The Balaban J connectivity index is 1.56. The van der Waals surface area contributed by atoms with Crippen molar-refractivity contribution in [3.63, 3.8) is 0 Å². The van der Waals surface area contributed by atoms with Crippen LogP contribution in [0.15, 0.2) is 53.4 Å². The zero-order valence-corrected chi connectivity index (χ0v) is 16.3. The normalized spacial score (nSPS) is 16.3. The first-order chi connectivity index (χ1) is 14.0. The molecule has 162 valence electrons. The first-order valence-corrected chi connectivity index (χ1v) is 10.4. The van der Waals surface area contributed by atoms with E-state index < -0.39 is 33.9 Å². The molecule has 11 heteroatoms. The molecule has 0 aromatic heterocycles. The second kappa shape index (κ2) is 8.60. The van der Waals surface area contributed by atoms with E-state index in [-0.39, 0.29) is 36.7 Å². The summed E-state index contributed by atoms with van der Waals surface area (Å²) in [5.74, 6) is -1.74. The minimum Gasteiger partial charge on any atom is -0.406 e. The molecular weight excluding hydrogens is 428 g/mol. The molecule has 0 aliphatic carbocycles. The molecule has 0 saturated carbocycles. The number of sulfonamides is 1. The molecule has 0 unspecified atom stereocenters. The maximum Gasteiger partial charge on any atom is 0.573 e. The molecule has 2 aromatic carbocycles. The Morgan fingerprint density at radius 1 is 1.00 bits per heavy atom. The van der Waals surface area contributed by atoms with Gasteiger partial charge in [-0.25, -0.2) is 12.8 Å². The lowest BCUT2D eigenvalue weighted by atomic mass is 9.97. The van der Waals surface area contributed by atoms with Gasteiger partial charge >= 0.3 is 6.36 Å². The predicted octanol–water partition coefficient (Wildman–Crippen LogP) is 3.76. The number of carbonyl (C=O) groups excluding carboxylic acids is 1. The van der Waals surface area contributed by atoms with E-state index in [1.165, 1.54) is 28.6 Å². The van der Waals surface area contributed by atoms with Crippen LogP contribution in [0.1, 0.15) is 12.8 Å². The third-order valence-electron chi connectivity index (χ3n) is 4.63. The van der Waals surface area contributed by atoms with Crippen LogP contribution in [0.2, 0.25) is 0 Å². The largest absolute Gasteiger partial charge is 0.573 e. The fourth-order valence-corrected chi connectivity index (χ4v) is 4.57. The van der Waals surface area contributed by atoms with Crippen molar-refractivity contribution in [3.8, 4) is 5.75 Å². The predicted molar refractivity (Wildman–Crippen MR) is 99.6 cm³/mol. The van der Waals surface area contributed by atoms with Gasteiger partial charge < -0.3 is 10.1 Å². The van der Waals surface area contributed by atoms with E-state index in [1.807, 2.05) is 0 Å². The number of alkyl halides is 3. The number of amides is 1. The maximum absolute atomic E-state index is 13.0. The summed E-state index contributed by atoms with van der Waals surface area (Å²) in [4.78, 5) is 12.4. The Morgan fingerprint density at radius 2 is 1.57 bits per heavy atom. The second-order valence-corrected chi connectivity index (χ2v) is 8.63. The fraction of sp³-hybridized carbons (Fsp3) is 0.316. The number of nitrogens with zero attached hydrogens (tertiary/aromatic N) is 1. The topological polar surface area (TPSA) is 75.7 Å². The van der Waals surface area contributed by atoms with Gasteiger partial charge in [-0.3, -0.25) is 4.79 Å². The molecule has 1 aliphatic rings. The molecule has 0 spiro atoms. The van der Waals surface area contributed by atoms with E-state index in [1.54, 1.807) is 0 Å². The molecule has 3 rings (SSSR count). The summed E-state index contributed by atoms with van der Waals surface area (Å²) in [6.07, 6.45) is -4.24. The van der Waals surface area contributed by atoms with Gasteiger partial charge in [-0.15, -0.1) is 13.2 Å². The van der Waals surface area contributed by atoms with Gasteiger partial charge in [0.15, 0.2) is 0 Å². The highest BCUT2D eigenvalue weighted by atomic mass is 32.2. The smallest absolute Gasteiger partial charge is 0.406 e. The van der Waals surface area contributed by atoms with Gasteiger partial charge in [-0.1, -0.05) is 0 Å². The number of piperidine rings is 1. The molecule has 2 aromatic rings. The molecule has 30 heavy (non-hydrogen) atoms. The molecule has 0 bridgehead atoms. The van der Waals surface area contributed by atoms with E-state index in [9.17, 15) is 30.8 Å². The Kier molecular flexibility index (Phi) is 6.32. The van der Waals surface area contributed by atoms with Crippen molar-refractivity contribution < 1.29 is 35.5 Å². The third-order valence-corrected chi connectivity index (χ3v) is 6.54. The Hall–Kier alpha value is -2.66. The van der Waals surface area contributed by atoms with Crippen LogP contribution in [0.5, 0.6) is 5.75 Å². The molecule has 1 amide bonds. The molecule has 1 aliphatic heterocycles. The lowest BCUT2D eigenvalue weighted by molar-refractivity contribution is -0.274. The van der Waals surface area contributed by atoms with Crippen LogP contribution < -0.4 is 10.1 Å². The Labute approximate surface area is 170 Å². The lowest BCUT2D eigenvalue weighted by Gasteiger charge is -2.30. The van der Waals surface area contributed by atoms with Gasteiger partial charge in [-0.05, 0) is 61.4 Å². The average molecular weight is 446 g/mol. The van der Waals surface area contributed by atoms with Gasteiger partial charge in [0.2, 0.25) is 15.9 Å².